The first-order valence-electron chi connectivity index (χ1n) is 9.54. The standard InChI is InChI=1S/C21H26N6/c1-17-19(16-25(2)24-17)20-8-10-22-21(23-20)27-14-12-26(13-15-27)11-9-18-6-4-3-5-7-18/h3-8,10,16H,9,11-15H2,1-2H3. The van der Waals surface area contributed by atoms with Crippen molar-refractivity contribution in [2.75, 3.05) is 37.6 Å². The van der Waals surface area contributed by atoms with Gasteiger partial charge in [0.2, 0.25) is 5.95 Å². The van der Waals surface area contributed by atoms with Crippen LogP contribution in [0.4, 0.5) is 5.95 Å². The van der Waals surface area contributed by atoms with Gasteiger partial charge >= 0.3 is 0 Å². The molecule has 0 N–H and O–H groups in total. The zero-order valence-electron chi connectivity index (χ0n) is 16.0. The predicted molar refractivity (Wildman–Crippen MR) is 108 cm³/mol. The van der Waals surface area contributed by atoms with Crippen LogP contribution in [0.15, 0.2) is 48.8 Å². The molecule has 6 nitrogen and oxygen atoms in total. The van der Waals surface area contributed by atoms with Crippen molar-refractivity contribution in [1.29, 1.82) is 0 Å². The Hall–Kier alpha value is -2.73. The van der Waals surface area contributed by atoms with Crippen molar-refractivity contribution in [3.05, 3.63) is 60.0 Å². The van der Waals surface area contributed by atoms with Gasteiger partial charge in [0.1, 0.15) is 0 Å². The van der Waals surface area contributed by atoms with E-state index < -0.39 is 0 Å². The van der Waals surface area contributed by atoms with Gasteiger partial charge in [0.25, 0.3) is 0 Å². The molecule has 0 radical (unpaired) electrons. The van der Waals surface area contributed by atoms with Crippen LogP contribution in [0, 0.1) is 6.92 Å². The molecule has 0 aliphatic carbocycles. The SMILES string of the molecule is Cc1nn(C)cc1-c1ccnc(N2CCN(CCc3ccccc3)CC2)n1. The van der Waals surface area contributed by atoms with Gasteiger partial charge in [-0.15, -0.1) is 0 Å². The molecule has 2 aromatic heterocycles. The highest BCUT2D eigenvalue weighted by Crippen LogP contribution is 2.22. The van der Waals surface area contributed by atoms with Crippen LogP contribution in [0.25, 0.3) is 11.3 Å². The third-order valence-electron chi connectivity index (χ3n) is 5.15. The summed E-state index contributed by atoms with van der Waals surface area (Å²) in [7, 11) is 1.94. The number of aryl methyl sites for hydroxylation is 2. The molecule has 3 heterocycles. The summed E-state index contributed by atoms with van der Waals surface area (Å²) < 4.78 is 1.83. The summed E-state index contributed by atoms with van der Waals surface area (Å²) in [4.78, 5) is 14.1. The molecule has 0 saturated carbocycles. The van der Waals surface area contributed by atoms with Crippen molar-refractivity contribution in [3.63, 3.8) is 0 Å². The summed E-state index contributed by atoms with van der Waals surface area (Å²) in [6.07, 6.45) is 4.97. The molecule has 0 atom stereocenters. The molecule has 0 bridgehead atoms. The second kappa shape index (κ2) is 7.88. The Bertz CT molecular complexity index is 881. The third-order valence-corrected chi connectivity index (χ3v) is 5.15. The summed E-state index contributed by atoms with van der Waals surface area (Å²) in [5.74, 6) is 0.818. The first-order chi connectivity index (χ1) is 13.2. The molecule has 1 saturated heterocycles. The van der Waals surface area contributed by atoms with Crippen molar-refractivity contribution in [3.8, 4) is 11.3 Å². The van der Waals surface area contributed by atoms with Crippen molar-refractivity contribution < 1.29 is 0 Å². The lowest BCUT2D eigenvalue weighted by atomic mass is 10.1. The summed E-state index contributed by atoms with van der Waals surface area (Å²) in [5.41, 5.74) is 4.41. The largest absolute Gasteiger partial charge is 0.338 e. The lowest BCUT2D eigenvalue weighted by Gasteiger charge is -2.34. The quantitative estimate of drug-likeness (QED) is 0.698. The average molecular weight is 362 g/mol. The molecule has 1 aliphatic heterocycles. The second-order valence-corrected chi connectivity index (χ2v) is 7.11. The normalized spacial score (nSPS) is 15.3. The molecule has 0 spiro atoms. The van der Waals surface area contributed by atoms with Crippen LogP contribution in [0.2, 0.25) is 0 Å². The molecular formula is C21H26N6. The van der Waals surface area contributed by atoms with E-state index in [1.54, 1.807) is 0 Å². The predicted octanol–water partition coefficient (Wildman–Crippen LogP) is 2.55. The van der Waals surface area contributed by atoms with E-state index >= 15 is 0 Å². The van der Waals surface area contributed by atoms with Gasteiger partial charge in [-0.05, 0) is 25.0 Å². The molecule has 1 fully saturated rings. The van der Waals surface area contributed by atoms with E-state index in [4.69, 9.17) is 4.98 Å². The van der Waals surface area contributed by atoms with Gasteiger partial charge in [0, 0.05) is 57.7 Å². The minimum Gasteiger partial charge on any atom is -0.338 e. The molecular weight excluding hydrogens is 336 g/mol. The Balaban J connectivity index is 1.37. The van der Waals surface area contributed by atoms with Crippen molar-refractivity contribution in [2.24, 2.45) is 7.05 Å². The van der Waals surface area contributed by atoms with Crippen LogP contribution in [0.3, 0.4) is 0 Å². The van der Waals surface area contributed by atoms with Crippen LogP contribution in [-0.4, -0.2) is 57.4 Å². The highest BCUT2D eigenvalue weighted by Gasteiger charge is 2.19. The third kappa shape index (κ3) is 4.17. The van der Waals surface area contributed by atoms with E-state index in [1.165, 1.54) is 5.56 Å². The molecule has 0 unspecified atom stereocenters. The first-order valence-corrected chi connectivity index (χ1v) is 9.54. The topological polar surface area (TPSA) is 50.1 Å². The van der Waals surface area contributed by atoms with Crippen LogP contribution in [-0.2, 0) is 13.5 Å². The van der Waals surface area contributed by atoms with Crippen LogP contribution in [0.1, 0.15) is 11.3 Å². The lowest BCUT2D eigenvalue weighted by Crippen LogP contribution is -2.47. The molecule has 27 heavy (non-hydrogen) atoms. The number of nitrogens with zero attached hydrogens (tertiary/aromatic N) is 6. The summed E-state index contributed by atoms with van der Waals surface area (Å²) in [6, 6.07) is 12.7. The van der Waals surface area contributed by atoms with E-state index in [0.717, 1.165) is 62.0 Å². The Morgan fingerprint density at radius 2 is 1.78 bits per heavy atom. The monoisotopic (exact) mass is 362 g/mol. The number of hydrogen-bond donors (Lipinski definition) is 0. The molecule has 6 heteroatoms. The van der Waals surface area contributed by atoms with Gasteiger partial charge in [-0.1, -0.05) is 30.3 Å². The first kappa shape index (κ1) is 17.7. The van der Waals surface area contributed by atoms with E-state index in [0.29, 0.717) is 0 Å². The van der Waals surface area contributed by atoms with Gasteiger partial charge in [0.05, 0.1) is 11.4 Å². The molecule has 4 rings (SSSR count). The number of rotatable bonds is 5. The van der Waals surface area contributed by atoms with Gasteiger partial charge in [-0.25, -0.2) is 9.97 Å². The Labute approximate surface area is 160 Å². The van der Waals surface area contributed by atoms with E-state index in [2.05, 4.69) is 50.2 Å². The van der Waals surface area contributed by atoms with Crippen LogP contribution in [0.5, 0.6) is 0 Å². The highest BCUT2D eigenvalue weighted by atomic mass is 15.3. The Morgan fingerprint density at radius 1 is 1.00 bits per heavy atom. The van der Waals surface area contributed by atoms with E-state index in [-0.39, 0.29) is 0 Å². The maximum Gasteiger partial charge on any atom is 0.225 e. The van der Waals surface area contributed by atoms with Crippen molar-refractivity contribution in [2.45, 2.75) is 13.3 Å². The molecule has 3 aromatic rings. The summed E-state index contributed by atoms with van der Waals surface area (Å²) in [6.45, 7) is 7.14. The smallest absolute Gasteiger partial charge is 0.225 e. The average Bonchev–Trinajstić information content (AvgIpc) is 3.06. The second-order valence-electron chi connectivity index (χ2n) is 7.11. The van der Waals surface area contributed by atoms with Crippen molar-refractivity contribution in [1.82, 2.24) is 24.6 Å². The van der Waals surface area contributed by atoms with Gasteiger partial charge in [-0.3, -0.25) is 9.58 Å². The number of hydrogen-bond acceptors (Lipinski definition) is 5. The minimum atomic E-state index is 0.818. The number of anilines is 1. The fraction of sp³-hybridized carbons (Fsp3) is 0.381. The summed E-state index contributed by atoms with van der Waals surface area (Å²) in [5, 5.41) is 4.42. The molecule has 1 aromatic carbocycles. The zero-order chi connectivity index (χ0) is 18.6. The maximum absolute atomic E-state index is 4.80. The Kier molecular flexibility index (Phi) is 5.16. The van der Waals surface area contributed by atoms with Gasteiger partial charge < -0.3 is 4.90 Å². The molecule has 140 valence electrons. The fourth-order valence-electron chi connectivity index (χ4n) is 3.61. The van der Waals surface area contributed by atoms with Crippen LogP contribution >= 0.6 is 0 Å². The van der Waals surface area contributed by atoms with Gasteiger partial charge in [0.15, 0.2) is 0 Å². The minimum absolute atomic E-state index is 0.818. The van der Waals surface area contributed by atoms with E-state index in [9.17, 15) is 0 Å². The maximum atomic E-state index is 4.80. The number of benzene rings is 1. The number of piperazine rings is 1. The zero-order valence-corrected chi connectivity index (χ0v) is 16.0. The molecule has 0 amide bonds. The lowest BCUT2D eigenvalue weighted by molar-refractivity contribution is 0.260. The summed E-state index contributed by atoms with van der Waals surface area (Å²) >= 11 is 0. The molecule has 1 aliphatic rings. The number of aromatic nitrogens is 4. The van der Waals surface area contributed by atoms with Crippen LogP contribution < -0.4 is 4.90 Å². The fourth-order valence-corrected chi connectivity index (χ4v) is 3.61. The van der Waals surface area contributed by atoms with E-state index in [1.807, 2.05) is 37.1 Å². The Morgan fingerprint density at radius 3 is 2.48 bits per heavy atom. The highest BCUT2D eigenvalue weighted by molar-refractivity contribution is 5.61. The van der Waals surface area contributed by atoms with Crippen molar-refractivity contribution >= 4 is 5.95 Å². The van der Waals surface area contributed by atoms with Gasteiger partial charge in [-0.2, -0.15) is 5.10 Å².